The van der Waals surface area contributed by atoms with Crippen molar-refractivity contribution < 1.29 is 19.1 Å². The maximum atomic E-state index is 12.4. The predicted molar refractivity (Wildman–Crippen MR) is 98.7 cm³/mol. The quantitative estimate of drug-likeness (QED) is 0.653. The number of hydrogen-bond donors (Lipinski definition) is 3. The number of amides is 2. The standard InChI is InChI=1S/C19H18N4O4/c1-11(17(24)23-19-21-12-6-2-3-7-13(12)22-19)20-18(25)16-10-26-14-8-4-5-9-15(14)27-16/h2-9,11,16H,10H2,1H3,(H,20,25)(H2,21,22,23,24)/t11-,16-/m0/s1. The number of aromatic amines is 1. The molecule has 27 heavy (non-hydrogen) atoms. The predicted octanol–water partition coefficient (Wildman–Crippen LogP) is 1.85. The van der Waals surface area contributed by atoms with Crippen molar-refractivity contribution in [1.29, 1.82) is 0 Å². The van der Waals surface area contributed by atoms with Crippen molar-refractivity contribution in [3.8, 4) is 11.5 Å². The van der Waals surface area contributed by atoms with Gasteiger partial charge in [-0.15, -0.1) is 0 Å². The fourth-order valence-corrected chi connectivity index (χ4v) is 2.76. The number of carbonyl (C=O) groups excluding carboxylic acids is 2. The third-order valence-electron chi connectivity index (χ3n) is 4.18. The molecule has 0 spiro atoms. The third kappa shape index (κ3) is 3.55. The summed E-state index contributed by atoms with van der Waals surface area (Å²) in [6.45, 7) is 1.67. The second-order valence-electron chi connectivity index (χ2n) is 6.19. The first-order valence-electron chi connectivity index (χ1n) is 8.54. The number of fused-ring (bicyclic) bond motifs is 2. The van der Waals surface area contributed by atoms with Crippen molar-refractivity contribution in [2.75, 3.05) is 11.9 Å². The number of carbonyl (C=O) groups is 2. The van der Waals surface area contributed by atoms with E-state index in [0.717, 1.165) is 11.0 Å². The van der Waals surface area contributed by atoms with Crippen LogP contribution in [0.3, 0.4) is 0 Å². The van der Waals surface area contributed by atoms with Crippen molar-refractivity contribution in [2.24, 2.45) is 0 Å². The molecule has 8 nitrogen and oxygen atoms in total. The topological polar surface area (TPSA) is 105 Å². The van der Waals surface area contributed by atoms with Crippen LogP contribution in [0.5, 0.6) is 11.5 Å². The van der Waals surface area contributed by atoms with Crippen LogP contribution in [0.25, 0.3) is 11.0 Å². The van der Waals surface area contributed by atoms with Gasteiger partial charge in [0.25, 0.3) is 5.91 Å². The summed E-state index contributed by atoms with van der Waals surface area (Å²) in [5, 5.41) is 5.30. The monoisotopic (exact) mass is 366 g/mol. The van der Waals surface area contributed by atoms with E-state index in [-0.39, 0.29) is 12.5 Å². The van der Waals surface area contributed by atoms with E-state index in [2.05, 4.69) is 20.6 Å². The molecule has 2 aromatic carbocycles. The van der Waals surface area contributed by atoms with Gasteiger partial charge in [0.05, 0.1) is 11.0 Å². The Labute approximate surface area is 154 Å². The second kappa shape index (κ2) is 6.99. The SMILES string of the molecule is C[C@H](NC(=O)[C@@H]1COc2ccccc2O1)C(=O)Nc1nc2ccccc2[nH]1. The van der Waals surface area contributed by atoms with E-state index in [1.165, 1.54) is 0 Å². The number of aromatic nitrogens is 2. The number of nitrogens with zero attached hydrogens (tertiary/aromatic N) is 1. The highest BCUT2D eigenvalue weighted by Crippen LogP contribution is 2.30. The molecule has 2 atom stereocenters. The zero-order chi connectivity index (χ0) is 18.8. The van der Waals surface area contributed by atoms with Crippen LogP contribution >= 0.6 is 0 Å². The molecule has 8 heteroatoms. The molecular weight excluding hydrogens is 348 g/mol. The Hall–Kier alpha value is -3.55. The molecule has 1 aliphatic heterocycles. The van der Waals surface area contributed by atoms with Gasteiger partial charge in [-0.3, -0.25) is 14.9 Å². The molecule has 0 saturated heterocycles. The summed E-state index contributed by atoms with van der Waals surface area (Å²) in [5.41, 5.74) is 1.56. The molecule has 3 N–H and O–H groups in total. The molecule has 0 aliphatic carbocycles. The van der Waals surface area contributed by atoms with Crippen molar-refractivity contribution in [1.82, 2.24) is 15.3 Å². The molecule has 0 unspecified atom stereocenters. The Balaban J connectivity index is 1.36. The van der Waals surface area contributed by atoms with Crippen LogP contribution in [0.2, 0.25) is 0 Å². The van der Waals surface area contributed by atoms with Crippen molar-refractivity contribution in [3.05, 3.63) is 48.5 Å². The summed E-state index contributed by atoms with van der Waals surface area (Å²) in [6.07, 6.45) is -0.818. The van der Waals surface area contributed by atoms with Gasteiger partial charge in [-0.25, -0.2) is 4.98 Å². The summed E-state index contributed by atoms with van der Waals surface area (Å²) < 4.78 is 11.2. The van der Waals surface area contributed by atoms with Crippen LogP contribution in [0, 0.1) is 0 Å². The highest BCUT2D eigenvalue weighted by atomic mass is 16.6. The van der Waals surface area contributed by atoms with E-state index < -0.39 is 18.1 Å². The first-order chi connectivity index (χ1) is 13.1. The number of nitrogens with one attached hydrogen (secondary N) is 3. The zero-order valence-corrected chi connectivity index (χ0v) is 14.6. The smallest absolute Gasteiger partial charge is 0.265 e. The number of imidazole rings is 1. The minimum Gasteiger partial charge on any atom is -0.485 e. The van der Waals surface area contributed by atoms with Crippen molar-refractivity contribution in [3.63, 3.8) is 0 Å². The summed E-state index contributed by atoms with van der Waals surface area (Å²) in [6, 6.07) is 13.8. The Morgan fingerprint density at radius 3 is 2.70 bits per heavy atom. The Kier molecular flexibility index (Phi) is 4.37. The first kappa shape index (κ1) is 16.9. The molecule has 3 aromatic rings. The van der Waals surface area contributed by atoms with Crippen LogP contribution in [-0.2, 0) is 9.59 Å². The molecule has 2 amide bonds. The zero-order valence-electron chi connectivity index (χ0n) is 14.6. The largest absolute Gasteiger partial charge is 0.485 e. The summed E-state index contributed by atoms with van der Waals surface area (Å²) >= 11 is 0. The van der Waals surface area contributed by atoms with Crippen LogP contribution < -0.4 is 20.1 Å². The van der Waals surface area contributed by atoms with E-state index in [1.807, 2.05) is 30.3 Å². The van der Waals surface area contributed by atoms with Gasteiger partial charge in [0.1, 0.15) is 12.6 Å². The second-order valence-corrected chi connectivity index (χ2v) is 6.19. The van der Waals surface area contributed by atoms with Gasteiger partial charge >= 0.3 is 0 Å². The number of H-pyrrole nitrogens is 1. The molecule has 0 saturated carbocycles. The lowest BCUT2D eigenvalue weighted by Gasteiger charge is -2.26. The van der Waals surface area contributed by atoms with Crippen molar-refractivity contribution in [2.45, 2.75) is 19.1 Å². The maximum Gasteiger partial charge on any atom is 0.265 e. The van der Waals surface area contributed by atoms with Gasteiger partial charge in [-0.2, -0.15) is 0 Å². The summed E-state index contributed by atoms with van der Waals surface area (Å²) in [5.74, 6) is 0.616. The third-order valence-corrected chi connectivity index (χ3v) is 4.18. The Morgan fingerprint density at radius 1 is 1.15 bits per heavy atom. The van der Waals surface area contributed by atoms with Crippen LogP contribution in [0.15, 0.2) is 48.5 Å². The molecular formula is C19H18N4O4. The number of anilines is 1. The molecule has 0 radical (unpaired) electrons. The molecule has 1 aromatic heterocycles. The van der Waals surface area contributed by atoms with E-state index >= 15 is 0 Å². The lowest BCUT2D eigenvalue weighted by molar-refractivity contribution is -0.133. The van der Waals surface area contributed by atoms with Gasteiger partial charge in [0.15, 0.2) is 11.5 Å². The number of ether oxygens (including phenoxy) is 2. The van der Waals surface area contributed by atoms with Gasteiger partial charge in [0.2, 0.25) is 18.0 Å². The van der Waals surface area contributed by atoms with E-state index in [4.69, 9.17) is 9.47 Å². The number of hydrogen-bond acceptors (Lipinski definition) is 5. The summed E-state index contributed by atoms with van der Waals surface area (Å²) in [4.78, 5) is 32.0. The fraction of sp³-hybridized carbons (Fsp3) is 0.211. The highest BCUT2D eigenvalue weighted by molar-refractivity contribution is 5.97. The normalized spacial score (nSPS) is 16.6. The Bertz CT molecular complexity index is 967. The lowest BCUT2D eigenvalue weighted by Crippen LogP contribution is -2.50. The first-order valence-corrected chi connectivity index (χ1v) is 8.54. The maximum absolute atomic E-state index is 12.4. The lowest BCUT2D eigenvalue weighted by atomic mass is 10.2. The van der Waals surface area contributed by atoms with Gasteiger partial charge < -0.3 is 19.8 Å². The highest BCUT2D eigenvalue weighted by Gasteiger charge is 2.29. The van der Waals surface area contributed by atoms with Gasteiger partial charge in [-0.1, -0.05) is 24.3 Å². The van der Waals surface area contributed by atoms with E-state index in [1.54, 1.807) is 25.1 Å². The van der Waals surface area contributed by atoms with E-state index in [9.17, 15) is 9.59 Å². The van der Waals surface area contributed by atoms with Crippen molar-refractivity contribution >= 4 is 28.8 Å². The average Bonchev–Trinajstić information content (AvgIpc) is 3.09. The molecule has 4 rings (SSSR count). The minimum atomic E-state index is -0.818. The number of para-hydroxylation sites is 4. The Morgan fingerprint density at radius 2 is 1.89 bits per heavy atom. The molecule has 1 aliphatic rings. The van der Waals surface area contributed by atoms with E-state index in [0.29, 0.717) is 17.4 Å². The molecule has 138 valence electrons. The van der Waals surface area contributed by atoms with Gasteiger partial charge in [-0.05, 0) is 31.2 Å². The average molecular weight is 366 g/mol. The summed E-state index contributed by atoms with van der Waals surface area (Å²) in [7, 11) is 0. The molecule has 0 bridgehead atoms. The van der Waals surface area contributed by atoms with Gasteiger partial charge in [0, 0.05) is 0 Å². The fourth-order valence-electron chi connectivity index (χ4n) is 2.76. The molecule has 0 fully saturated rings. The van der Waals surface area contributed by atoms with Crippen LogP contribution in [-0.4, -0.2) is 40.5 Å². The number of rotatable bonds is 4. The number of benzene rings is 2. The molecule has 2 heterocycles. The van der Waals surface area contributed by atoms with Crippen LogP contribution in [0.1, 0.15) is 6.92 Å². The van der Waals surface area contributed by atoms with Crippen LogP contribution in [0.4, 0.5) is 5.95 Å². The minimum absolute atomic E-state index is 0.0841.